The number of rotatable bonds is 7. The van der Waals surface area contributed by atoms with Crippen molar-refractivity contribution in [2.45, 2.75) is 12.8 Å². The maximum atomic E-state index is 11.7. The van der Waals surface area contributed by atoms with Gasteiger partial charge in [-0.15, -0.1) is 0 Å². The topological polar surface area (TPSA) is 41.1 Å². The van der Waals surface area contributed by atoms with Crippen molar-refractivity contribution in [3.05, 3.63) is 65.2 Å². The number of hydrogen-bond acceptors (Lipinski definition) is 2. The van der Waals surface area contributed by atoms with E-state index in [9.17, 15) is 4.79 Å². The molecule has 0 heterocycles. The highest BCUT2D eigenvalue weighted by molar-refractivity contribution is 6.30. The summed E-state index contributed by atoms with van der Waals surface area (Å²) in [7, 11) is 0. The summed E-state index contributed by atoms with van der Waals surface area (Å²) < 4.78 is 0. The fraction of sp³-hybridized carbons (Fsp3) is 0.235. The number of anilines is 1. The molecule has 21 heavy (non-hydrogen) atoms. The summed E-state index contributed by atoms with van der Waals surface area (Å²) in [5, 5.41) is 6.78. The summed E-state index contributed by atoms with van der Waals surface area (Å²) in [5.41, 5.74) is 2.07. The Morgan fingerprint density at radius 1 is 0.952 bits per heavy atom. The van der Waals surface area contributed by atoms with E-state index in [0.717, 1.165) is 18.7 Å². The van der Waals surface area contributed by atoms with Gasteiger partial charge in [0.1, 0.15) is 0 Å². The fourth-order valence-corrected chi connectivity index (χ4v) is 2.09. The van der Waals surface area contributed by atoms with E-state index >= 15 is 0 Å². The Labute approximate surface area is 130 Å². The van der Waals surface area contributed by atoms with Crippen LogP contribution in [0.15, 0.2) is 54.6 Å². The first-order valence-electron chi connectivity index (χ1n) is 7.04. The molecule has 2 aromatic carbocycles. The van der Waals surface area contributed by atoms with Gasteiger partial charge < -0.3 is 10.6 Å². The predicted octanol–water partition coefficient (Wildman–Crippen LogP) is 3.50. The molecule has 0 bridgehead atoms. The minimum Gasteiger partial charge on any atom is -0.326 e. The molecule has 0 spiro atoms. The molecular weight excluding hydrogens is 284 g/mol. The van der Waals surface area contributed by atoms with E-state index in [1.165, 1.54) is 5.56 Å². The average Bonchev–Trinajstić information content (AvgIpc) is 2.50. The molecule has 1 amide bonds. The molecule has 0 aliphatic heterocycles. The van der Waals surface area contributed by atoms with Crippen molar-refractivity contribution in [3.63, 3.8) is 0 Å². The minimum absolute atomic E-state index is 0.00420. The molecule has 0 aromatic heterocycles. The van der Waals surface area contributed by atoms with Gasteiger partial charge in [-0.05, 0) is 42.8 Å². The quantitative estimate of drug-likeness (QED) is 0.769. The summed E-state index contributed by atoms with van der Waals surface area (Å²) in [6, 6.07) is 17.4. The van der Waals surface area contributed by atoms with Crippen molar-refractivity contribution in [2.24, 2.45) is 0 Å². The summed E-state index contributed by atoms with van der Waals surface area (Å²) in [4.78, 5) is 11.7. The monoisotopic (exact) mass is 302 g/mol. The van der Waals surface area contributed by atoms with E-state index in [-0.39, 0.29) is 5.91 Å². The van der Waals surface area contributed by atoms with Crippen LogP contribution in [0.25, 0.3) is 0 Å². The summed E-state index contributed by atoms with van der Waals surface area (Å²) in [5.74, 6) is 0.00420. The van der Waals surface area contributed by atoms with Gasteiger partial charge in [0.05, 0.1) is 0 Å². The van der Waals surface area contributed by atoms with Crippen LogP contribution in [0.3, 0.4) is 0 Å². The fourth-order valence-electron chi connectivity index (χ4n) is 1.96. The molecular formula is C17H19ClN2O. The molecule has 0 unspecified atom stereocenters. The van der Waals surface area contributed by atoms with Crippen LogP contribution in [0, 0.1) is 0 Å². The highest BCUT2D eigenvalue weighted by Crippen LogP contribution is 2.13. The van der Waals surface area contributed by atoms with Crippen LogP contribution in [0.2, 0.25) is 5.02 Å². The Kier molecular flexibility index (Phi) is 6.25. The highest BCUT2D eigenvalue weighted by atomic mass is 35.5. The van der Waals surface area contributed by atoms with Gasteiger partial charge in [0.2, 0.25) is 5.91 Å². The van der Waals surface area contributed by atoms with Gasteiger partial charge >= 0.3 is 0 Å². The smallest absolute Gasteiger partial charge is 0.225 e. The van der Waals surface area contributed by atoms with E-state index in [1.807, 2.05) is 18.2 Å². The second-order valence-electron chi connectivity index (χ2n) is 4.79. The molecule has 2 N–H and O–H groups in total. The second kappa shape index (κ2) is 8.45. The first-order chi connectivity index (χ1) is 10.2. The van der Waals surface area contributed by atoms with Gasteiger partial charge in [-0.2, -0.15) is 0 Å². The third-order valence-corrected chi connectivity index (χ3v) is 3.34. The first-order valence-corrected chi connectivity index (χ1v) is 7.42. The molecule has 0 radical (unpaired) electrons. The molecule has 0 atom stereocenters. The molecule has 2 rings (SSSR count). The maximum absolute atomic E-state index is 11.7. The lowest BCUT2D eigenvalue weighted by molar-refractivity contribution is -0.116. The minimum atomic E-state index is 0.00420. The lowest BCUT2D eigenvalue weighted by atomic mass is 10.1. The molecule has 4 heteroatoms. The summed E-state index contributed by atoms with van der Waals surface area (Å²) >= 11 is 5.79. The van der Waals surface area contributed by atoms with Gasteiger partial charge in [0.15, 0.2) is 0 Å². The zero-order valence-electron chi connectivity index (χ0n) is 11.8. The number of carbonyl (C=O) groups is 1. The second-order valence-corrected chi connectivity index (χ2v) is 5.23. The van der Waals surface area contributed by atoms with Crippen LogP contribution in [-0.2, 0) is 11.2 Å². The molecule has 0 saturated heterocycles. The number of hydrogen-bond donors (Lipinski definition) is 2. The van der Waals surface area contributed by atoms with Crippen molar-refractivity contribution < 1.29 is 4.79 Å². The Bertz CT molecular complexity index is 555. The number of halogens is 1. The molecule has 0 saturated carbocycles. The van der Waals surface area contributed by atoms with Crippen LogP contribution in [0.5, 0.6) is 0 Å². The average molecular weight is 303 g/mol. The zero-order valence-corrected chi connectivity index (χ0v) is 12.6. The van der Waals surface area contributed by atoms with Crippen LogP contribution < -0.4 is 10.6 Å². The van der Waals surface area contributed by atoms with Gasteiger partial charge in [0.25, 0.3) is 0 Å². The summed E-state index contributed by atoms with van der Waals surface area (Å²) in [6.07, 6.45) is 1.43. The molecule has 110 valence electrons. The van der Waals surface area contributed by atoms with Crippen molar-refractivity contribution >= 4 is 23.2 Å². The lowest BCUT2D eigenvalue weighted by Crippen LogP contribution is -2.23. The van der Waals surface area contributed by atoms with Crippen molar-refractivity contribution in [1.29, 1.82) is 0 Å². The summed E-state index contributed by atoms with van der Waals surface area (Å²) in [6.45, 7) is 1.55. The van der Waals surface area contributed by atoms with Crippen LogP contribution in [0.1, 0.15) is 12.0 Å². The number of nitrogens with one attached hydrogen (secondary N) is 2. The molecule has 0 aliphatic rings. The van der Waals surface area contributed by atoms with Crippen molar-refractivity contribution in [3.8, 4) is 0 Å². The first kappa shape index (κ1) is 15.5. The molecule has 0 aliphatic carbocycles. The predicted molar refractivity (Wildman–Crippen MR) is 87.7 cm³/mol. The van der Waals surface area contributed by atoms with Gasteiger partial charge in [-0.1, -0.05) is 41.9 Å². The normalized spacial score (nSPS) is 10.3. The Morgan fingerprint density at radius 2 is 1.67 bits per heavy atom. The van der Waals surface area contributed by atoms with Gasteiger partial charge in [-0.3, -0.25) is 4.79 Å². The Morgan fingerprint density at radius 3 is 2.38 bits per heavy atom. The molecule has 0 fully saturated rings. The standard InChI is InChI=1S/C17H19ClN2O/c18-15-6-8-16(9-7-15)20-17(21)11-13-19-12-10-14-4-2-1-3-5-14/h1-9,19H,10-13H2,(H,20,21). The van der Waals surface area contributed by atoms with Crippen LogP contribution in [-0.4, -0.2) is 19.0 Å². The SMILES string of the molecule is O=C(CCNCCc1ccccc1)Nc1ccc(Cl)cc1. The van der Waals surface area contributed by atoms with E-state index in [2.05, 4.69) is 22.8 Å². The Hall–Kier alpha value is -1.84. The number of carbonyl (C=O) groups excluding carboxylic acids is 1. The van der Waals surface area contributed by atoms with Gasteiger partial charge in [-0.25, -0.2) is 0 Å². The molecule has 2 aromatic rings. The van der Waals surface area contributed by atoms with Crippen molar-refractivity contribution in [2.75, 3.05) is 18.4 Å². The third kappa shape index (κ3) is 5.98. The van der Waals surface area contributed by atoms with E-state index in [1.54, 1.807) is 24.3 Å². The Balaban J connectivity index is 1.60. The maximum Gasteiger partial charge on any atom is 0.225 e. The van der Waals surface area contributed by atoms with Gasteiger partial charge in [0, 0.05) is 23.7 Å². The lowest BCUT2D eigenvalue weighted by Gasteiger charge is -2.07. The largest absolute Gasteiger partial charge is 0.326 e. The highest BCUT2D eigenvalue weighted by Gasteiger charge is 2.01. The van der Waals surface area contributed by atoms with E-state index in [0.29, 0.717) is 18.0 Å². The zero-order chi connectivity index (χ0) is 14.9. The number of amides is 1. The van der Waals surface area contributed by atoms with Crippen molar-refractivity contribution in [1.82, 2.24) is 5.32 Å². The van der Waals surface area contributed by atoms with Crippen LogP contribution in [0.4, 0.5) is 5.69 Å². The van der Waals surface area contributed by atoms with Crippen LogP contribution >= 0.6 is 11.6 Å². The number of benzene rings is 2. The van der Waals surface area contributed by atoms with E-state index < -0.39 is 0 Å². The van der Waals surface area contributed by atoms with E-state index in [4.69, 9.17) is 11.6 Å². The third-order valence-electron chi connectivity index (χ3n) is 3.09. The molecule has 3 nitrogen and oxygen atoms in total.